The predicted molar refractivity (Wildman–Crippen MR) is 76.3 cm³/mol. The van der Waals surface area contributed by atoms with Crippen molar-refractivity contribution in [2.75, 3.05) is 13.7 Å². The molecule has 1 heterocycles. The van der Waals surface area contributed by atoms with Crippen LogP contribution in [0.5, 0.6) is 0 Å². The van der Waals surface area contributed by atoms with Gasteiger partial charge in [0.2, 0.25) is 0 Å². The summed E-state index contributed by atoms with van der Waals surface area (Å²) >= 11 is 3.38. The van der Waals surface area contributed by atoms with E-state index in [9.17, 15) is 4.79 Å². The summed E-state index contributed by atoms with van der Waals surface area (Å²) in [5.74, 6) is 0.0479. The monoisotopic (exact) mass is 322 g/mol. The van der Waals surface area contributed by atoms with Crippen LogP contribution in [0.2, 0.25) is 0 Å². The molecule has 0 fully saturated rings. The number of nitrogens with zero attached hydrogens (tertiary/aromatic N) is 2. The highest BCUT2D eigenvalue weighted by atomic mass is 79.9. The van der Waals surface area contributed by atoms with Crippen LogP contribution in [0.4, 0.5) is 0 Å². The normalized spacial score (nSPS) is 10.6. The van der Waals surface area contributed by atoms with Crippen molar-refractivity contribution in [1.29, 1.82) is 0 Å². The second-order valence-corrected chi connectivity index (χ2v) is 5.00. The van der Waals surface area contributed by atoms with E-state index in [0.29, 0.717) is 25.3 Å². The van der Waals surface area contributed by atoms with Crippen LogP contribution in [0.25, 0.3) is 0 Å². The molecule has 2 rings (SSSR count). The van der Waals surface area contributed by atoms with Gasteiger partial charge in [-0.15, -0.1) is 0 Å². The third-order valence-corrected chi connectivity index (χ3v) is 3.35. The zero-order valence-corrected chi connectivity index (χ0v) is 12.3. The Morgan fingerprint density at radius 2 is 2.11 bits per heavy atom. The fraction of sp³-hybridized carbons (Fsp3) is 0.286. The quantitative estimate of drug-likeness (QED) is 0.768. The summed E-state index contributed by atoms with van der Waals surface area (Å²) in [7, 11) is 1.63. The number of ether oxygens (including phenoxy) is 1. The van der Waals surface area contributed by atoms with Crippen LogP contribution >= 0.6 is 15.9 Å². The van der Waals surface area contributed by atoms with E-state index < -0.39 is 0 Å². The van der Waals surface area contributed by atoms with Gasteiger partial charge in [-0.1, -0.05) is 30.3 Å². The first-order valence-electron chi connectivity index (χ1n) is 5.99. The second kappa shape index (κ2) is 6.63. The Morgan fingerprint density at radius 1 is 1.37 bits per heavy atom. The zero-order valence-electron chi connectivity index (χ0n) is 10.7. The van der Waals surface area contributed by atoms with Gasteiger partial charge in [0.15, 0.2) is 5.78 Å². The Kier molecular flexibility index (Phi) is 4.87. The minimum Gasteiger partial charge on any atom is -0.383 e. The maximum absolute atomic E-state index is 12.3. The summed E-state index contributed by atoms with van der Waals surface area (Å²) < 4.78 is 7.43. The number of Topliss-reactive ketones (excluding diaryl/α,β-unsaturated/α-hetero) is 1. The van der Waals surface area contributed by atoms with E-state index in [1.165, 1.54) is 0 Å². The molecule has 0 aliphatic carbocycles. The lowest BCUT2D eigenvalue weighted by molar-refractivity contribution is 0.0978. The van der Waals surface area contributed by atoms with Crippen LogP contribution in [0.1, 0.15) is 16.1 Å². The van der Waals surface area contributed by atoms with Crippen molar-refractivity contribution in [2.45, 2.75) is 13.0 Å². The van der Waals surface area contributed by atoms with E-state index in [-0.39, 0.29) is 5.78 Å². The molecule has 0 aliphatic heterocycles. The van der Waals surface area contributed by atoms with Gasteiger partial charge in [-0.3, -0.25) is 9.48 Å². The Hall–Kier alpha value is -1.46. The topological polar surface area (TPSA) is 44.1 Å². The van der Waals surface area contributed by atoms with E-state index in [0.717, 1.165) is 10.0 Å². The third-order valence-electron chi connectivity index (χ3n) is 2.77. The van der Waals surface area contributed by atoms with Crippen LogP contribution < -0.4 is 0 Å². The summed E-state index contributed by atoms with van der Waals surface area (Å²) in [4.78, 5) is 12.3. The predicted octanol–water partition coefficient (Wildman–Crippen LogP) is 2.72. The number of ketones is 1. The molecule has 0 aliphatic rings. The highest BCUT2D eigenvalue weighted by Gasteiger charge is 2.17. The van der Waals surface area contributed by atoms with Gasteiger partial charge in [0, 0.05) is 13.5 Å². The molecule has 0 radical (unpaired) electrons. The Labute approximate surface area is 120 Å². The molecule has 1 aromatic carbocycles. The fourth-order valence-corrected chi connectivity index (χ4v) is 2.37. The minimum absolute atomic E-state index is 0.0479. The fourth-order valence-electron chi connectivity index (χ4n) is 1.85. The summed E-state index contributed by atoms with van der Waals surface area (Å²) in [6.45, 7) is 1.09. The van der Waals surface area contributed by atoms with Crippen molar-refractivity contribution >= 4 is 21.7 Å². The van der Waals surface area contributed by atoms with E-state index >= 15 is 0 Å². The average molecular weight is 323 g/mol. The molecule has 19 heavy (non-hydrogen) atoms. The third kappa shape index (κ3) is 3.52. The lowest BCUT2D eigenvalue weighted by Crippen LogP contribution is -2.15. The maximum Gasteiger partial charge on any atom is 0.186 e. The van der Waals surface area contributed by atoms with Gasteiger partial charge >= 0.3 is 0 Å². The van der Waals surface area contributed by atoms with Crippen LogP contribution in [0.15, 0.2) is 41.0 Å². The van der Waals surface area contributed by atoms with Gasteiger partial charge in [-0.05, 0) is 21.5 Å². The molecule has 5 heteroatoms. The van der Waals surface area contributed by atoms with Crippen molar-refractivity contribution in [2.24, 2.45) is 0 Å². The zero-order chi connectivity index (χ0) is 13.7. The van der Waals surface area contributed by atoms with Crippen LogP contribution in [0.3, 0.4) is 0 Å². The van der Waals surface area contributed by atoms with Crippen molar-refractivity contribution in [3.63, 3.8) is 0 Å². The van der Waals surface area contributed by atoms with Gasteiger partial charge in [-0.25, -0.2) is 0 Å². The average Bonchev–Trinajstić information content (AvgIpc) is 2.78. The van der Waals surface area contributed by atoms with Gasteiger partial charge in [-0.2, -0.15) is 5.10 Å². The van der Waals surface area contributed by atoms with E-state index in [1.54, 1.807) is 18.0 Å². The van der Waals surface area contributed by atoms with Gasteiger partial charge < -0.3 is 4.74 Å². The first-order valence-corrected chi connectivity index (χ1v) is 6.79. The molecule has 100 valence electrons. The number of carbonyl (C=O) groups is 1. The highest BCUT2D eigenvalue weighted by Crippen LogP contribution is 2.18. The molecular weight excluding hydrogens is 308 g/mol. The minimum atomic E-state index is 0.0479. The van der Waals surface area contributed by atoms with Crippen LogP contribution in [0, 0.1) is 0 Å². The second-order valence-electron chi connectivity index (χ2n) is 4.14. The summed E-state index contributed by atoms with van der Waals surface area (Å²) in [5, 5.41) is 4.18. The lowest BCUT2D eigenvalue weighted by atomic mass is 10.1. The molecule has 0 saturated heterocycles. The number of carbonyl (C=O) groups excluding carboxylic acids is 1. The Balaban J connectivity index is 2.16. The molecule has 0 N–H and O–H groups in total. The van der Waals surface area contributed by atoms with Gasteiger partial charge in [0.1, 0.15) is 5.69 Å². The Morgan fingerprint density at radius 3 is 2.79 bits per heavy atom. The van der Waals surface area contributed by atoms with Crippen molar-refractivity contribution < 1.29 is 9.53 Å². The number of halogens is 1. The van der Waals surface area contributed by atoms with Gasteiger partial charge in [0.25, 0.3) is 0 Å². The van der Waals surface area contributed by atoms with E-state index in [1.807, 2.05) is 30.3 Å². The van der Waals surface area contributed by atoms with Gasteiger partial charge in [0.05, 0.1) is 23.8 Å². The maximum atomic E-state index is 12.3. The van der Waals surface area contributed by atoms with Crippen molar-refractivity contribution in [3.8, 4) is 0 Å². The molecular formula is C14H15BrN2O2. The SMILES string of the molecule is COCCn1ncc(Br)c1C(=O)Cc1ccccc1. The molecule has 0 saturated carbocycles. The molecule has 2 aromatic rings. The highest BCUT2D eigenvalue weighted by molar-refractivity contribution is 9.10. The first kappa shape index (κ1) is 14.0. The number of hydrogen-bond donors (Lipinski definition) is 0. The summed E-state index contributed by atoms with van der Waals surface area (Å²) in [6.07, 6.45) is 2.02. The van der Waals surface area contributed by atoms with Crippen LogP contribution in [-0.2, 0) is 17.7 Å². The first-order chi connectivity index (χ1) is 9.22. The molecule has 0 bridgehead atoms. The lowest BCUT2D eigenvalue weighted by Gasteiger charge is -2.07. The molecule has 0 unspecified atom stereocenters. The number of benzene rings is 1. The number of rotatable bonds is 6. The molecule has 0 amide bonds. The molecule has 0 atom stereocenters. The molecule has 4 nitrogen and oxygen atoms in total. The largest absolute Gasteiger partial charge is 0.383 e. The number of methoxy groups -OCH3 is 1. The summed E-state index contributed by atoms with van der Waals surface area (Å²) in [5.41, 5.74) is 1.60. The van der Waals surface area contributed by atoms with E-state index in [2.05, 4.69) is 21.0 Å². The van der Waals surface area contributed by atoms with Crippen LogP contribution in [-0.4, -0.2) is 29.3 Å². The molecule has 1 aromatic heterocycles. The van der Waals surface area contributed by atoms with Crippen molar-refractivity contribution in [3.05, 3.63) is 52.3 Å². The number of aromatic nitrogens is 2. The molecule has 0 spiro atoms. The van der Waals surface area contributed by atoms with E-state index in [4.69, 9.17) is 4.74 Å². The van der Waals surface area contributed by atoms with Crippen molar-refractivity contribution in [1.82, 2.24) is 9.78 Å². The smallest absolute Gasteiger partial charge is 0.186 e. The number of hydrogen-bond acceptors (Lipinski definition) is 3. The standard InChI is InChI=1S/C14H15BrN2O2/c1-19-8-7-17-14(12(15)10-16-17)13(18)9-11-5-3-2-4-6-11/h2-6,10H,7-9H2,1H3. The summed E-state index contributed by atoms with van der Waals surface area (Å²) in [6, 6.07) is 9.69. The Bertz CT molecular complexity index is 552.